The average molecular weight is 453 g/mol. The topological polar surface area (TPSA) is 6.48 Å². The zero-order valence-corrected chi connectivity index (χ0v) is 23.4. The second-order valence-electron chi connectivity index (χ2n) is 10.2. The van der Waals surface area contributed by atoms with E-state index in [1.807, 2.05) is 0 Å². The van der Waals surface area contributed by atoms with Crippen molar-refractivity contribution in [1.29, 1.82) is 0 Å². The molecule has 194 valence electrons. The highest BCUT2D eigenvalue weighted by molar-refractivity contribution is 4.75. The lowest BCUT2D eigenvalue weighted by molar-refractivity contribution is 0.149. The van der Waals surface area contributed by atoms with Crippen LogP contribution in [-0.2, 0) is 0 Å². The van der Waals surface area contributed by atoms with E-state index in [0.717, 1.165) is 6.04 Å². The van der Waals surface area contributed by atoms with E-state index in [1.165, 1.54) is 155 Å². The van der Waals surface area contributed by atoms with Crippen LogP contribution in [0.3, 0.4) is 0 Å². The first-order valence-corrected chi connectivity index (χ1v) is 15.2. The van der Waals surface area contributed by atoms with Gasteiger partial charge in [-0.05, 0) is 58.4 Å². The molecule has 0 rings (SSSR count). The van der Waals surface area contributed by atoms with Crippen LogP contribution in [0.1, 0.15) is 157 Å². The lowest BCUT2D eigenvalue weighted by atomic mass is 10.0. The Balaban J connectivity index is 4.76. The van der Waals surface area contributed by atoms with E-state index in [2.05, 4.69) is 44.4 Å². The summed E-state index contributed by atoms with van der Waals surface area (Å²) in [7, 11) is 0. The van der Waals surface area contributed by atoms with Gasteiger partial charge in [-0.15, -0.1) is 0 Å². The molecule has 2 nitrogen and oxygen atoms in total. The van der Waals surface area contributed by atoms with E-state index in [1.54, 1.807) is 0 Å². The molecule has 0 aromatic carbocycles. The Bertz CT molecular complexity index is 324. The summed E-state index contributed by atoms with van der Waals surface area (Å²) in [6.45, 7) is 18.0. The standard InChI is InChI=1S/C30H64N2/c1-6-11-14-17-20-23-27-32(28-24-21-18-15-12-7-2)30(25-22-19-16-13-8-3)26-29-31(9-4)10-5/h30H,6-29H2,1-5H3. The van der Waals surface area contributed by atoms with Gasteiger partial charge >= 0.3 is 0 Å². The predicted octanol–water partition coefficient (Wildman–Crippen LogP) is 9.47. The number of nitrogens with zero attached hydrogens (tertiary/aromatic N) is 2. The molecule has 0 aliphatic rings. The Hall–Kier alpha value is -0.0800. The third-order valence-corrected chi connectivity index (χ3v) is 7.43. The van der Waals surface area contributed by atoms with Gasteiger partial charge in [0.25, 0.3) is 0 Å². The van der Waals surface area contributed by atoms with Gasteiger partial charge in [-0.2, -0.15) is 0 Å². The van der Waals surface area contributed by atoms with Crippen molar-refractivity contribution in [3.63, 3.8) is 0 Å². The van der Waals surface area contributed by atoms with Crippen molar-refractivity contribution in [2.45, 2.75) is 163 Å². The zero-order valence-electron chi connectivity index (χ0n) is 23.4. The van der Waals surface area contributed by atoms with E-state index in [-0.39, 0.29) is 0 Å². The summed E-state index contributed by atoms with van der Waals surface area (Å²) in [6, 6.07) is 0.809. The first kappa shape index (κ1) is 31.9. The molecule has 0 saturated carbocycles. The summed E-state index contributed by atoms with van der Waals surface area (Å²) in [5, 5.41) is 0. The molecule has 0 N–H and O–H groups in total. The van der Waals surface area contributed by atoms with E-state index >= 15 is 0 Å². The minimum atomic E-state index is 0.809. The van der Waals surface area contributed by atoms with Crippen molar-refractivity contribution in [3.8, 4) is 0 Å². The van der Waals surface area contributed by atoms with Crippen LogP contribution in [-0.4, -0.2) is 48.6 Å². The minimum absolute atomic E-state index is 0.809. The van der Waals surface area contributed by atoms with Crippen molar-refractivity contribution in [2.24, 2.45) is 0 Å². The van der Waals surface area contributed by atoms with Gasteiger partial charge in [0.15, 0.2) is 0 Å². The largest absolute Gasteiger partial charge is 0.304 e. The molecule has 0 radical (unpaired) electrons. The Morgan fingerprint density at radius 1 is 0.406 bits per heavy atom. The maximum absolute atomic E-state index is 2.95. The second kappa shape index (κ2) is 25.5. The Kier molecular flexibility index (Phi) is 25.5. The van der Waals surface area contributed by atoms with Crippen LogP contribution in [0.2, 0.25) is 0 Å². The van der Waals surface area contributed by atoms with Crippen LogP contribution < -0.4 is 0 Å². The van der Waals surface area contributed by atoms with Crippen LogP contribution in [0, 0.1) is 0 Å². The molecule has 0 heterocycles. The number of hydrogen-bond acceptors (Lipinski definition) is 2. The summed E-state index contributed by atoms with van der Waals surface area (Å²) in [5.74, 6) is 0. The van der Waals surface area contributed by atoms with Crippen molar-refractivity contribution in [3.05, 3.63) is 0 Å². The van der Waals surface area contributed by atoms with Gasteiger partial charge in [0.1, 0.15) is 0 Å². The van der Waals surface area contributed by atoms with Crippen LogP contribution in [0.4, 0.5) is 0 Å². The van der Waals surface area contributed by atoms with Crippen LogP contribution >= 0.6 is 0 Å². The van der Waals surface area contributed by atoms with Crippen LogP contribution in [0.25, 0.3) is 0 Å². The summed E-state index contributed by atoms with van der Waals surface area (Å²) in [4.78, 5) is 5.58. The molecule has 0 aromatic rings. The summed E-state index contributed by atoms with van der Waals surface area (Å²) in [5.41, 5.74) is 0. The Morgan fingerprint density at radius 2 is 0.812 bits per heavy atom. The fraction of sp³-hybridized carbons (Fsp3) is 1.00. The van der Waals surface area contributed by atoms with Crippen LogP contribution in [0.15, 0.2) is 0 Å². The van der Waals surface area contributed by atoms with E-state index in [9.17, 15) is 0 Å². The summed E-state index contributed by atoms with van der Waals surface area (Å²) >= 11 is 0. The molecule has 0 amide bonds. The van der Waals surface area contributed by atoms with Gasteiger partial charge in [0, 0.05) is 6.04 Å². The van der Waals surface area contributed by atoms with Crippen molar-refractivity contribution < 1.29 is 0 Å². The number of rotatable bonds is 26. The molecule has 0 saturated heterocycles. The molecule has 32 heavy (non-hydrogen) atoms. The Morgan fingerprint density at radius 3 is 1.25 bits per heavy atom. The average Bonchev–Trinajstić information content (AvgIpc) is 2.81. The maximum Gasteiger partial charge on any atom is 0.0107 e. The van der Waals surface area contributed by atoms with Gasteiger partial charge in [-0.1, -0.05) is 131 Å². The molecular weight excluding hydrogens is 388 g/mol. The predicted molar refractivity (Wildman–Crippen MR) is 148 cm³/mol. The molecule has 2 heteroatoms. The molecule has 0 aliphatic carbocycles. The highest BCUT2D eigenvalue weighted by Crippen LogP contribution is 2.19. The molecule has 1 atom stereocenters. The molecule has 0 aromatic heterocycles. The third-order valence-electron chi connectivity index (χ3n) is 7.43. The third kappa shape index (κ3) is 19.4. The quantitative estimate of drug-likeness (QED) is 0.121. The number of unbranched alkanes of at least 4 members (excludes halogenated alkanes) is 14. The lowest BCUT2D eigenvalue weighted by Crippen LogP contribution is -2.39. The molecular formula is C30H64N2. The smallest absolute Gasteiger partial charge is 0.0107 e. The molecule has 0 fully saturated rings. The maximum atomic E-state index is 2.95. The number of hydrogen-bond donors (Lipinski definition) is 0. The lowest BCUT2D eigenvalue weighted by Gasteiger charge is -2.34. The first-order chi connectivity index (χ1) is 15.7. The summed E-state index contributed by atoms with van der Waals surface area (Å²) in [6.07, 6.45) is 26.9. The van der Waals surface area contributed by atoms with Gasteiger partial charge in [-0.3, -0.25) is 0 Å². The summed E-state index contributed by atoms with van der Waals surface area (Å²) < 4.78 is 0. The van der Waals surface area contributed by atoms with Gasteiger partial charge in [-0.25, -0.2) is 0 Å². The molecule has 1 unspecified atom stereocenters. The van der Waals surface area contributed by atoms with E-state index < -0.39 is 0 Å². The highest BCUT2D eigenvalue weighted by Gasteiger charge is 2.18. The van der Waals surface area contributed by atoms with Gasteiger partial charge in [0.05, 0.1) is 0 Å². The highest BCUT2D eigenvalue weighted by atomic mass is 15.2. The fourth-order valence-corrected chi connectivity index (χ4v) is 5.03. The minimum Gasteiger partial charge on any atom is -0.304 e. The van der Waals surface area contributed by atoms with E-state index in [4.69, 9.17) is 0 Å². The van der Waals surface area contributed by atoms with Crippen LogP contribution in [0.5, 0.6) is 0 Å². The molecule has 0 bridgehead atoms. The SMILES string of the molecule is CCCCCCCCN(CCCCCCCC)C(CCCCCCC)CCN(CC)CC. The second-order valence-corrected chi connectivity index (χ2v) is 10.2. The van der Waals surface area contributed by atoms with Crippen molar-refractivity contribution in [2.75, 3.05) is 32.7 Å². The van der Waals surface area contributed by atoms with Crippen molar-refractivity contribution in [1.82, 2.24) is 9.80 Å². The fourth-order valence-electron chi connectivity index (χ4n) is 5.03. The van der Waals surface area contributed by atoms with Gasteiger partial charge in [0.2, 0.25) is 0 Å². The monoisotopic (exact) mass is 453 g/mol. The Labute approximate surface area is 205 Å². The zero-order chi connectivity index (χ0) is 23.7. The molecule has 0 spiro atoms. The van der Waals surface area contributed by atoms with E-state index in [0.29, 0.717) is 0 Å². The normalized spacial score (nSPS) is 12.8. The molecule has 0 aliphatic heterocycles. The van der Waals surface area contributed by atoms with Crippen molar-refractivity contribution >= 4 is 0 Å². The first-order valence-electron chi connectivity index (χ1n) is 15.2. The van der Waals surface area contributed by atoms with Gasteiger partial charge < -0.3 is 9.80 Å².